The number of anilines is 3. The molecule has 4 aromatic heterocycles. The molecule has 0 fully saturated rings. The number of fused-ring (bicyclic) bond motifs is 2. The number of H-pyrrole nitrogens is 1. The standard InChI is InChI=1S/C28H25N9O/c1-3-30-27(38)20-14-37-24(25(29)31-15-32-37)23(20)18-8-10-19(11-9-18)33-28-35-22-13-12-21(34-26(22)36-28)17-6-4-16(2)5-7-17/h4-15H,3H2,1-2H3,(H,30,38)(H2,29,31,32)(H2,33,34,35,36). The number of benzene rings is 2. The molecule has 0 atom stereocenters. The first-order chi connectivity index (χ1) is 18.5. The number of nitrogen functional groups attached to an aromatic ring is 1. The van der Waals surface area contributed by atoms with Gasteiger partial charge in [0.2, 0.25) is 5.95 Å². The zero-order chi connectivity index (χ0) is 26.2. The maximum atomic E-state index is 12.8. The molecule has 5 N–H and O–H groups in total. The fourth-order valence-electron chi connectivity index (χ4n) is 4.45. The maximum Gasteiger partial charge on any atom is 0.253 e. The molecular formula is C28H25N9O. The Kier molecular flexibility index (Phi) is 5.68. The second kappa shape index (κ2) is 9.32. The minimum absolute atomic E-state index is 0.200. The van der Waals surface area contributed by atoms with Crippen molar-refractivity contribution in [2.45, 2.75) is 13.8 Å². The number of amides is 1. The Morgan fingerprint density at radius 1 is 1.00 bits per heavy atom. The smallest absolute Gasteiger partial charge is 0.253 e. The van der Waals surface area contributed by atoms with Gasteiger partial charge in [0.1, 0.15) is 17.4 Å². The molecule has 0 aliphatic carbocycles. The highest BCUT2D eigenvalue weighted by Gasteiger charge is 2.21. The van der Waals surface area contributed by atoms with Crippen molar-refractivity contribution in [1.82, 2.24) is 34.9 Å². The summed E-state index contributed by atoms with van der Waals surface area (Å²) in [4.78, 5) is 29.5. The van der Waals surface area contributed by atoms with E-state index in [1.165, 1.54) is 11.9 Å². The van der Waals surface area contributed by atoms with E-state index in [0.717, 1.165) is 28.0 Å². The topological polar surface area (TPSA) is 139 Å². The maximum absolute atomic E-state index is 12.8. The van der Waals surface area contributed by atoms with Gasteiger partial charge in [0, 0.05) is 29.6 Å². The third-order valence-electron chi connectivity index (χ3n) is 6.31. The molecule has 0 spiro atoms. The lowest BCUT2D eigenvalue weighted by molar-refractivity contribution is 0.0956. The van der Waals surface area contributed by atoms with Crippen molar-refractivity contribution in [3.05, 3.63) is 84.3 Å². The van der Waals surface area contributed by atoms with Crippen LogP contribution in [0.2, 0.25) is 0 Å². The number of aryl methyl sites for hydroxylation is 1. The molecule has 188 valence electrons. The highest BCUT2D eigenvalue weighted by atomic mass is 16.1. The van der Waals surface area contributed by atoms with Crippen LogP contribution in [0.25, 0.3) is 39.1 Å². The lowest BCUT2D eigenvalue weighted by Crippen LogP contribution is -2.22. The lowest BCUT2D eigenvalue weighted by Gasteiger charge is -2.08. The van der Waals surface area contributed by atoms with Gasteiger partial charge >= 0.3 is 0 Å². The summed E-state index contributed by atoms with van der Waals surface area (Å²) in [5.74, 6) is 0.679. The second-order valence-electron chi connectivity index (χ2n) is 8.93. The van der Waals surface area contributed by atoms with Crippen LogP contribution in [-0.2, 0) is 0 Å². The van der Waals surface area contributed by atoms with Crippen molar-refractivity contribution in [2.24, 2.45) is 0 Å². The Hall–Kier alpha value is -5.25. The second-order valence-corrected chi connectivity index (χ2v) is 8.93. The average molecular weight is 504 g/mol. The zero-order valence-electron chi connectivity index (χ0n) is 20.9. The Bertz CT molecular complexity index is 1780. The van der Waals surface area contributed by atoms with Crippen LogP contribution in [0.1, 0.15) is 22.8 Å². The number of aromatic nitrogens is 6. The third kappa shape index (κ3) is 4.17. The number of rotatable bonds is 6. The molecule has 10 heteroatoms. The molecule has 10 nitrogen and oxygen atoms in total. The summed E-state index contributed by atoms with van der Waals surface area (Å²) < 4.78 is 1.58. The first-order valence-corrected chi connectivity index (χ1v) is 12.2. The summed E-state index contributed by atoms with van der Waals surface area (Å²) in [5, 5.41) is 10.4. The highest BCUT2D eigenvalue weighted by molar-refractivity contribution is 6.07. The number of nitrogens with zero attached hydrogens (tertiary/aromatic N) is 5. The fraction of sp³-hybridized carbons (Fsp3) is 0.107. The molecule has 38 heavy (non-hydrogen) atoms. The number of pyridine rings is 1. The van der Waals surface area contributed by atoms with Crippen LogP contribution in [0.15, 0.2) is 73.2 Å². The van der Waals surface area contributed by atoms with Gasteiger partial charge in [-0.05, 0) is 43.7 Å². The summed E-state index contributed by atoms with van der Waals surface area (Å²) >= 11 is 0. The van der Waals surface area contributed by atoms with Gasteiger partial charge < -0.3 is 21.4 Å². The molecule has 0 aliphatic rings. The zero-order valence-corrected chi connectivity index (χ0v) is 20.9. The van der Waals surface area contributed by atoms with Gasteiger partial charge in [-0.15, -0.1) is 0 Å². The molecule has 0 saturated carbocycles. The highest BCUT2D eigenvalue weighted by Crippen LogP contribution is 2.33. The van der Waals surface area contributed by atoms with Crippen LogP contribution in [0.5, 0.6) is 0 Å². The van der Waals surface area contributed by atoms with Crippen molar-refractivity contribution in [3.63, 3.8) is 0 Å². The molecule has 0 bridgehead atoms. The van der Waals surface area contributed by atoms with Crippen LogP contribution in [0.3, 0.4) is 0 Å². The largest absolute Gasteiger partial charge is 0.382 e. The normalized spacial score (nSPS) is 11.2. The van der Waals surface area contributed by atoms with Crippen molar-refractivity contribution >= 4 is 40.0 Å². The van der Waals surface area contributed by atoms with Crippen molar-refractivity contribution in [3.8, 4) is 22.4 Å². The van der Waals surface area contributed by atoms with Gasteiger partial charge in [-0.25, -0.2) is 19.5 Å². The minimum Gasteiger partial charge on any atom is -0.382 e. The van der Waals surface area contributed by atoms with Gasteiger partial charge in [-0.1, -0.05) is 42.0 Å². The van der Waals surface area contributed by atoms with E-state index in [9.17, 15) is 4.79 Å². The number of imidazole rings is 1. The molecular weight excluding hydrogens is 478 g/mol. The van der Waals surface area contributed by atoms with E-state index >= 15 is 0 Å². The molecule has 6 rings (SSSR count). The fourth-order valence-corrected chi connectivity index (χ4v) is 4.45. The van der Waals surface area contributed by atoms with E-state index in [1.54, 1.807) is 10.7 Å². The van der Waals surface area contributed by atoms with Crippen LogP contribution in [-0.4, -0.2) is 42.0 Å². The van der Waals surface area contributed by atoms with Gasteiger partial charge in [0.25, 0.3) is 5.91 Å². The number of hydrogen-bond donors (Lipinski definition) is 4. The molecule has 0 aliphatic heterocycles. The Balaban J connectivity index is 1.30. The number of hydrogen-bond acceptors (Lipinski definition) is 7. The first-order valence-electron chi connectivity index (χ1n) is 12.2. The summed E-state index contributed by atoms with van der Waals surface area (Å²) in [5.41, 5.74) is 14.1. The number of nitrogens with one attached hydrogen (secondary N) is 3. The summed E-state index contributed by atoms with van der Waals surface area (Å²) in [6, 6.07) is 19.9. The quantitative estimate of drug-likeness (QED) is 0.258. The monoisotopic (exact) mass is 503 g/mol. The molecule has 0 radical (unpaired) electrons. The Morgan fingerprint density at radius 2 is 1.76 bits per heavy atom. The van der Waals surface area contributed by atoms with Gasteiger partial charge in [0.05, 0.1) is 11.3 Å². The molecule has 4 heterocycles. The van der Waals surface area contributed by atoms with E-state index < -0.39 is 0 Å². The van der Waals surface area contributed by atoms with E-state index in [2.05, 4.69) is 61.9 Å². The Morgan fingerprint density at radius 3 is 2.53 bits per heavy atom. The SMILES string of the molecule is CCNC(=O)c1cn2ncnc(N)c2c1-c1ccc(Nc2nc3ccc(-c4ccc(C)cc4)nc3[nH]2)cc1. The first kappa shape index (κ1) is 23.2. The van der Waals surface area contributed by atoms with E-state index in [0.29, 0.717) is 40.6 Å². The van der Waals surface area contributed by atoms with Crippen LogP contribution >= 0.6 is 0 Å². The van der Waals surface area contributed by atoms with Crippen molar-refractivity contribution in [2.75, 3.05) is 17.6 Å². The van der Waals surface area contributed by atoms with Crippen LogP contribution in [0.4, 0.5) is 17.5 Å². The number of aromatic amines is 1. The van der Waals surface area contributed by atoms with Crippen LogP contribution < -0.4 is 16.4 Å². The average Bonchev–Trinajstić information content (AvgIpc) is 3.51. The molecule has 0 unspecified atom stereocenters. The summed E-state index contributed by atoms with van der Waals surface area (Å²) in [6.45, 7) is 4.44. The number of nitrogens with two attached hydrogens (primary N) is 1. The Labute approximate surface area is 218 Å². The van der Waals surface area contributed by atoms with E-state index in [4.69, 9.17) is 10.7 Å². The summed E-state index contributed by atoms with van der Waals surface area (Å²) in [6.07, 6.45) is 3.04. The summed E-state index contributed by atoms with van der Waals surface area (Å²) in [7, 11) is 0. The molecule has 0 saturated heterocycles. The van der Waals surface area contributed by atoms with Crippen molar-refractivity contribution < 1.29 is 4.79 Å². The third-order valence-corrected chi connectivity index (χ3v) is 6.31. The van der Waals surface area contributed by atoms with Crippen molar-refractivity contribution in [1.29, 1.82) is 0 Å². The molecule has 2 aromatic carbocycles. The van der Waals surface area contributed by atoms with Gasteiger partial charge in [0.15, 0.2) is 11.5 Å². The number of carbonyl (C=O) groups is 1. The van der Waals surface area contributed by atoms with Gasteiger partial charge in [-0.2, -0.15) is 5.10 Å². The molecule has 6 aromatic rings. The van der Waals surface area contributed by atoms with Crippen LogP contribution in [0, 0.1) is 6.92 Å². The lowest BCUT2D eigenvalue weighted by atomic mass is 10.0. The van der Waals surface area contributed by atoms with E-state index in [1.807, 2.05) is 43.3 Å². The number of carbonyl (C=O) groups excluding carboxylic acids is 1. The van der Waals surface area contributed by atoms with Gasteiger partial charge in [-0.3, -0.25) is 4.79 Å². The molecule has 1 amide bonds. The predicted molar refractivity (Wildman–Crippen MR) is 148 cm³/mol. The minimum atomic E-state index is -0.200. The van der Waals surface area contributed by atoms with E-state index in [-0.39, 0.29) is 5.91 Å². The predicted octanol–water partition coefficient (Wildman–Crippen LogP) is 4.72.